The Morgan fingerprint density at radius 1 is 1.00 bits per heavy atom. The van der Waals surface area contributed by atoms with E-state index >= 15 is 0 Å². The Labute approximate surface area is 185 Å². The molecule has 6 heteroatoms. The van der Waals surface area contributed by atoms with Crippen molar-refractivity contribution >= 4 is 11.7 Å². The van der Waals surface area contributed by atoms with Crippen molar-refractivity contribution in [2.75, 3.05) is 13.1 Å². The van der Waals surface area contributed by atoms with Crippen LogP contribution < -0.4 is 0 Å². The molecule has 1 aliphatic heterocycles. The smallest absolute Gasteiger partial charge is 0.276 e. The monoisotopic (exact) mass is 422 g/mol. The predicted octanol–water partition coefficient (Wildman–Crippen LogP) is 4.30. The number of benzene rings is 1. The Balaban J connectivity index is 1.27. The number of aromatic nitrogens is 3. The summed E-state index contributed by atoms with van der Waals surface area (Å²) in [6, 6.07) is 10.1. The molecule has 2 aromatic rings. The predicted molar refractivity (Wildman–Crippen MR) is 120 cm³/mol. The van der Waals surface area contributed by atoms with Crippen LogP contribution in [0.3, 0.4) is 0 Å². The van der Waals surface area contributed by atoms with Crippen molar-refractivity contribution in [3.05, 3.63) is 47.8 Å². The molecule has 0 N–H and O–H groups in total. The first-order valence-corrected chi connectivity index (χ1v) is 11.9. The van der Waals surface area contributed by atoms with Crippen LogP contribution in [0.25, 0.3) is 0 Å². The maximum atomic E-state index is 13.0. The van der Waals surface area contributed by atoms with Gasteiger partial charge in [0, 0.05) is 32.0 Å². The standard InChI is InChI=1S/C25H34N4O2/c30-24(14-13-20-8-3-1-4-9-20)22-12-7-16-28(18-22)25(31)23-19-29(27-26-23)17-15-21-10-5-2-6-11-21/h1,3-4,8-9,19,21-22H,2,5-7,10-18H2/t22-/m0/s1. The summed E-state index contributed by atoms with van der Waals surface area (Å²) in [5.41, 5.74) is 1.59. The zero-order valence-corrected chi connectivity index (χ0v) is 18.4. The second kappa shape index (κ2) is 10.7. The molecule has 1 aliphatic carbocycles. The van der Waals surface area contributed by atoms with E-state index in [1.54, 1.807) is 11.1 Å². The Morgan fingerprint density at radius 2 is 1.81 bits per heavy atom. The van der Waals surface area contributed by atoms with Crippen LogP contribution in [-0.4, -0.2) is 44.7 Å². The zero-order chi connectivity index (χ0) is 21.5. The first kappa shape index (κ1) is 21.7. The van der Waals surface area contributed by atoms with Crippen LogP contribution in [0, 0.1) is 11.8 Å². The van der Waals surface area contributed by atoms with Crippen LogP contribution in [0.1, 0.15) is 73.8 Å². The highest BCUT2D eigenvalue weighted by atomic mass is 16.2. The van der Waals surface area contributed by atoms with E-state index in [0.29, 0.717) is 25.2 Å². The van der Waals surface area contributed by atoms with Crippen LogP contribution in [-0.2, 0) is 17.8 Å². The Kier molecular flexibility index (Phi) is 7.49. The maximum Gasteiger partial charge on any atom is 0.276 e. The molecule has 1 aromatic carbocycles. The van der Waals surface area contributed by atoms with E-state index in [4.69, 9.17) is 0 Å². The summed E-state index contributed by atoms with van der Waals surface area (Å²) in [5, 5.41) is 8.32. The fraction of sp³-hybridized carbons (Fsp3) is 0.600. The van der Waals surface area contributed by atoms with Gasteiger partial charge in [0.05, 0.1) is 6.20 Å². The average Bonchev–Trinajstić information content (AvgIpc) is 3.31. The number of carbonyl (C=O) groups is 2. The van der Waals surface area contributed by atoms with Crippen LogP contribution >= 0.6 is 0 Å². The Bertz CT molecular complexity index is 857. The molecule has 1 amide bonds. The minimum Gasteiger partial charge on any atom is -0.336 e. The van der Waals surface area contributed by atoms with Crippen molar-refractivity contribution in [2.45, 2.75) is 70.8 Å². The molecule has 1 saturated heterocycles. The highest BCUT2D eigenvalue weighted by Gasteiger charge is 2.29. The zero-order valence-electron chi connectivity index (χ0n) is 18.4. The molecule has 2 heterocycles. The first-order valence-electron chi connectivity index (χ1n) is 11.9. The molecule has 6 nitrogen and oxygen atoms in total. The van der Waals surface area contributed by atoms with Crippen molar-refractivity contribution in [2.24, 2.45) is 11.8 Å². The average molecular weight is 423 g/mol. The van der Waals surface area contributed by atoms with Crippen LogP contribution in [0.15, 0.2) is 36.5 Å². The Morgan fingerprint density at radius 3 is 2.61 bits per heavy atom. The maximum absolute atomic E-state index is 13.0. The lowest BCUT2D eigenvalue weighted by Gasteiger charge is -2.31. The van der Waals surface area contributed by atoms with Gasteiger partial charge in [-0.2, -0.15) is 0 Å². The van der Waals surface area contributed by atoms with Gasteiger partial charge in [0.2, 0.25) is 0 Å². The molecule has 0 spiro atoms. The number of aryl methyl sites for hydroxylation is 2. The third kappa shape index (κ3) is 6.02. The molecule has 1 saturated carbocycles. The van der Waals surface area contributed by atoms with Crippen LogP contribution in [0.2, 0.25) is 0 Å². The molecular formula is C25H34N4O2. The van der Waals surface area contributed by atoms with Gasteiger partial charge in [0.15, 0.2) is 5.69 Å². The third-order valence-corrected chi connectivity index (χ3v) is 6.92. The summed E-state index contributed by atoms with van der Waals surface area (Å²) in [6.07, 6.45) is 12.6. The quantitative estimate of drug-likeness (QED) is 0.636. The Hall–Kier alpha value is -2.50. The minimum absolute atomic E-state index is 0.0669. The van der Waals surface area contributed by atoms with Gasteiger partial charge in [-0.05, 0) is 37.2 Å². The molecule has 166 valence electrons. The number of amides is 1. The van der Waals surface area contributed by atoms with Crippen molar-refractivity contribution < 1.29 is 9.59 Å². The molecule has 0 radical (unpaired) electrons. The molecule has 4 rings (SSSR count). The van der Waals surface area contributed by atoms with Crippen molar-refractivity contribution in [1.29, 1.82) is 0 Å². The highest BCUT2D eigenvalue weighted by molar-refractivity contribution is 5.92. The van der Waals surface area contributed by atoms with Crippen LogP contribution in [0.5, 0.6) is 0 Å². The van der Waals surface area contributed by atoms with Gasteiger partial charge in [-0.3, -0.25) is 14.3 Å². The number of nitrogens with zero attached hydrogens (tertiary/aromatic N) is 4. The largest absolute Gasteiger partial charge is 0.336 e. The van der Waals surface area contributed by atoms with Crippen molar-refractivity contribution in [1.82, 2.24) is 19.9 Å². The summed E-state index contributed by atoms with van der Waals surface area (Å²) < 4.78 is 1.81. The topological polar surface area (TPSA) is 68.1 Å². The van der Waals surface area contributed by atoms with E-state index in [1.165, 1.54) is 37.7 Å². The van der Waals surface area contributed by atoms with Gasteiger partial charge in [-0.1, -0.05) is 67.6 Å². The summed E-state index contributed by atoms with van der Waals surface area (Å²) in [4.78, 5) is 27.5. The van der Waals surface area contributed by atoms with E-state index in [0.717, 1.165) is 38.1 Å². The summed E-state index contributed by atoms with van der Waals surface area (Å²) in [6.45, 7) is 2.02. The number of hydrogen-bond acceptors (Lipinski definition) is 4. The number of Topliss-reactive ketones (excluding diaryl/α,β-unsaturated/α-hetero) is 1. The first-order chi connectivity index (χ1) is 15.2. The van der Waals surface area contributed by atoms with Gasteiger partial charge in [0.1, 0.15) is 5.78 Å². The number of rotatable bonds is 8. The lowest BCUT2D eigenvalue weighted by molar-refractivity contribution is -0.124. The van der Waals surface area contributed by atoms with E-state index in [-0.39, 0.29) is 17.6 Å². The number of likely N-dealkylation sites (tertiary alicyclic amines) is 1. The summed E-state index contributed by atoms with van der Waals surface area (Å²) in [5.74, 6) is 0.881. The van der Waals surface area contributed by atoms with Crippen molar-refractivity contribution in [3.8, 4) is 0 Å². The molecule has 2 fully saturated rings. The normalized spacial score (nSPS) is 20.0. The highest BCUT2D eigenvalue weighted by Crippen LogP contribution is 2.26. The number of hydrogen-bond donors (Lipinski definition) is 0. The molecule has 0 bridgehead atoms. The fourth-order valence-electron chi connectivity index (χ4n) is 5.00. The van der Waals surface area contributed by atoms with Gasteiger partial charge < -0.3 is 4.90 Å². The van der Waals surface area contributed by atoms with E-state index in [9.17, 15) is 9.59 Å². The summed E-state index contributed by atoms with van der Waals surface area (Å²) in [7, 11) is 0. The molecule has 0 unspecified atom stereocenters. The molecule has 31 heavy (non-hydrogen) atoms. The van der Waals surface area contributed by atoms with Gasteiger partial charge in [-0.15, -0.1) is 5.10 Å². The van der Waals surface area contributed by atoms with Gasteiger partial charge >= 0.3 is 0 Å². The summed E-state index contributed by atoms with van der Waals surface area (Å²) >= 11 is 0. The molecule has 2 aliphatic rings. The van der Waals surface area contributed by atoms with Gasteiger partial charge in [-0.25, -0.2) is 0 Å². The minimum atomic E-state index is -0.0931. The number of carbonyl (C=O) groups excluding carboxylic acids is 2. The molecule has 1 aromatic heterocycles. The van der Waals surface area contributed by atoms with Crippen LogP contribution in [0.4, 0.5) is 0 Å². The fourth-order valence-corrected chi connectivity index (χ4v) is 5.00. The second-order valence-corrected chi connectivity index (χ2v) is 9.20. The molecule has 1 atom stereocenters. The molecular weight excluding hydrogens is 388 g/mol. The van der Waals surface area contributed by atoms with E-state index in [2.05, 4.69) is 22.4 Å². The van der Waals surface area contributed by atoms with Gasteiger partial charge in [0.25, 0.3) is 5.91 Å². The lowest BCUT2D eigenvalue weighted by Crippen LogP contribution is -2.42. The van der Waals surface area contributed by atoms with Crippen molar-refractivity contribution in [3.63, 3.8) is 0 Å². The third-order valence-electron chi connectivity index (χ3n) is 6.92. The second-order valence-electron chi connectivity index (χ2n) is 9.20. The van der Waals surface area contributed by atoms with E-state index < -0.39 is 0 Å². The SMILES string of the molecule is O=C(CCc1ccccc1)[C@H]1CCCN(C(=O)c2cn(CCC3CCCCC3)nn2)C1. The number of piperidine rings is 1. The number of ketones is 1. The lowest BCUT2D eigenvalue weighted by atomic mass is 9.87. The van der Waals surface area contributed by atoms with E-state index in [1.807, 2.05) is 22.9 Å².